The number of amides is 2. The van der Waals surface area contributed by atoms with Crippen molar-refractivity contribution < 1.29 is 9.59 Å². The minimum absolute atomic E-state index is 0.0631. The SMILES string of the molecule is O=C(Nc1cccc2ncccc12)C1CSC2(c3cccs3)CCC(=O)N12. The van der Waals surface area contributed by atoms with Gasteiger partial charge in [-0.3, -0.25) is 14.6 Å². The number of thioether (sulfide) groups is 1. The maximum absolute atomic E-state index is 13.1. The minimum Gasteiger partial charge on any atom is -0.324 e. The Labute approximate surface area is 164 Å². The third-order valence-electron chi connectivity index (χ3n) is 5.24. The molecular formula is C20H17N3O2S2. The average Bonchev–Trinajstić information content (AvgIpc) is 3.40. The molecule has 2 fully saturated rings. The summed E-state index contributed by atoms with van der Waals surface area (Å²) in [6, 6.07) is 13.1. The lowest BCUT2D eigenvalue weighted by Gasteiger charge is -2.32. The van der Waals surface area contributed by atoms with E-state index in [1.165, 1.54) is 0 Å². The molecule has 0 spiro atoms. The molecule has 5 rings (SSSR count). The number of benzene rings is 1. The third kappa shape index (κ3) is 2.56. The summed E-state index contributed by atoms with van der Waals surface area (Å²) in [5.41, 5.74) is 1.57. The molecule has 7 heteroatoms. The van der Waals surface area contributed by atoms with Gasteiger partial charge >= 0.3 is 0 Å². The van der Waals surface area contributed by atoms with E-state index in [-0.39, 0.29) is 16.7 Å². The van der Waals surface area contributed by atoms with Crippen molar-refractivity contribution in [2.24, 2.45) is 0 Å². The molecule has 2 saturated heterocycles. The van der Waals surface area contributed by atoms with Crippen molar-refractivity contribution >= 4 is 51.5 Å². The minimum atomic E-state index is -0.459. The fourth-order valence-corrected chi connectivity index (χ4v) is 6.74. The highest BCUT2D eigenvalue weighted by molar-refractivity contribution is 8.00. The summed E-state index contributed by atoms with van der Waals surface area (Å²) in [6.45, 7) is 0. The summed E-state index contributed by atoms with van der Waals surface area (Å²) >= 11 is 3.37. The number of pyridine rings is 1. The van der Waals surface area contributed by atoms with E-state index in [9.17, 15) is 9.59 Å². The van der Waals surface area contributed by atoms with Gasteiger partial charge in [0.1, 0.15) is 10.9 Å². The van der Waals surface area contributed by atoms with E-state index >= 15 is 0 Å². The Kier molecular flexibility index (Phi) is 3.94. The van der Waals surface area contributed by atoms with Crippen LogP contribution in [0.4, 0.5) is 5.69 Å². The van der Waals surface area contributed by atoms with Crippen molar-refractivity contribution in [1.29, 1.82) is 0 Å². The highest BCUT2D eigenvalue weighted by Gasteiger charge is 2.57. The number of nitrogens with one attached hydrogen (secondary N) is 1. The summed E-state index contributed by atoms with van der Waals surface area (Å²) in [5, 5.41) is 5.97. The predicted octanol–water partition coefficient (Wildman–Crippen LogP) is 3.83. The number of fused-ring (bicyclic) bond motifs is 2. The van der Waals surface area contributed by atoms with Crippen LogP contribution in [-0.4, -0.2) is 33.5 Å². The zero-order valence-electron chi connectivity index (χ0n) is 14.4. The number of carbonyl (C=O) groups excluding carboxylic acids is 2. The van der Waals surface area contributed by atoms with Gasteiger partial charge in [-0.05, 0) is 42.1 Å². The second kappa shape index (κ2) is 6.35. The van der Waals surface area contributed by atoms with Gasteiger partial charge in [-0.2, -0.15) is 0 Å². The Bertz CT molecular complexity index is 1030. The van der Waals surface area contributed by atoms with Gasteiger partial charge in [-0.25, -0.2) is 0 Å². The fraction of sp³-hybridized carbons (Fsp3) is 0.250. The molecule has 0 aliphatic carbocycles. The molecule has 2 unspecified atom stereocenters. The predicted molar refractivity (Wildman–Crippen MR) is 109 cm³/mol. The molecule has 2 amide bonds. The van der Waals surface area contributed by atoms with Gasteiger partial charge in [0.25, 0.3) is 0 Å². The molecular weight excluding hydrogens is 378 g/mol. The molecule has 0 radical (unpaired) electrons. The van der Waals surface area contributed by atoms with E-state index in [2.05, 4.69) is 16.4 Å². The molecule has 4 heterocycles. The third-order valence-corrected chi connectivity index (χ3v) is 7.97. The van der Waals surface area contributed by atoms with Crippen LogP contribution >= 0.6 is 23.1 Å². The molecule has 2 atom stereocenters. The standard InChI is InChI=1S/C20H17N3O2S2/c24-18-8-9-20(17-7-3-11-26-17)23(18)16(12-27-20)19(25)22-15-6-1-5-14-13(15)4-2-10-21-14/h1-7,10-11,16H,8-9,12H2,(H,22,25). The molecule has 2 aromatic heterocycles. The lowest BCUT2D eigenvalue weighted by molar-refractivity contribution is -0.136. The van der Waals surface area contributed by atoms with Crippen molar-refractivity contribution in [2.75, 3.05) is 11.1 Å². The van der Waals surface area contributed by atoms with Crippen LogP contribution < -0.4 is 5.32 Å². The summed E-state index contributed by atoms with van der Waals surface area (Å²) < 4.78 is 0. The maximum Gasteiger partial charge on any atom is 0.248 e. The van der Waals surface area contributed by atoms with Gasteiger partial charge in [0.2, 0.25) is 11.8 Å². The van der Waals surface area contributed by atoms with Gasteiger partial charge in [-0.15, -0.1) is 23.1 Å². The molecule has 136 valence electrons. The Hall–Kier alpha value is -2.38. The van der Waals surface area contributed by atoms with Crippen LogP contribution in [0.5, 0.6) is 0 Å². The molecule has 1 N–H and O–H groups in total. The van der Waals surface area contributed by atoms with E-state index in [0.29, 0.717) is 12.2 Å². The van der Waals surface area contributed by atoms with Crippen LogP contribution in [0.1, 0.15) is 17.7 Å². The first-order chi connectivity index (χ1) is 13.2. The topological polar surface area (TPSA) is 62.3 Å². The van der Waals surface area contributed by atoms with Crippen molar-refractivity contribution in [2.45, 2.75) is 23.8 Å². The van der Waals surface area contributed by atoms with Gasteiger partial charge in [0.05, 0.1) is 11.2 Å². The monoisotopic (exact) mass is 395 g/mol. The van der Waals surface area contributed by atoms with Gasteiger partial charge in [0, 0.05) is 28.6 Å². The van der Waals surface area contributed by atoms with Crippen LogP contribution in [0.15, 0.2) is 54.0 Å². The number of rotatable bonds is 3. The van der Waals surface area contributed by atoms with Crippen molar-refractivity contribution in [1.82, 2.24) is 9.88 Å². The van der Waals surface area contributed by atoms with E-state index in [1.807, 2.05) is 46.7 Å². The Morgan fingerprint density at radius 2 is 2.15 bits per heavy atom. The smallest absolute Gasteiger partial charge is 0.248 e. The Morgan fingerprint density at radius 1 is 1.22 bits per heavy atom. The van der Waals surface area contributed by atoms with E-state index < -0.39 is 6.04 Å². The normalized spacial score (nSPS) is 24.4. The first-order valence-electron chi connectivity index (χ1n) is 8.84. The maximum atomic E-state index is 13.1. The van der Waals surface area contributed by atoms with E-state index in [4.69, 9.17) is 0 Å². The second-order valence-electron chi connectivity index (χ2n) is 6.72. The highest BCUT2D eigenvalue weighted by Crippen LogP contribution is 2.55. The number of anilines is 1. The largest absolute Gasteiger partial charge is 0.324 e. The van der Waals surface area contributed by atoms with Crippen LogP contribution in [0.2, 0.25) is 0 Å². The number of hydrogen-bond acceptors (Lipinski definition) is 5. The number of hydrogen-bond donors (Lipinski definition) is 1. The second-order valence-corrected chi connectivity index (χ2v) is 8.96. The van der Waals surface area contributed by atoms with Crippen molar-refractivity contribution in [3.05, 3.63) is 58.9 Å². The molecule has 0 bridgehead atoms. The molecule has 27 heavy (non-hydrogen) atoms. The molecule has 1 aromatic carbocycles. The lowest BCUT2D eigenvalue weighted by Crippen LogP contribution is -2.47. The molecule has 3 aromatic rings. The Balaban J connectivity index is 1.46. The van der Waals surface area contributed by atoms with Crippen LogP contribution in [0, 0.1) is 0 Å². The van der Waals surface area contributed by atoms with Gasteiger partial charge in [0.15, 0.2) is 0 Å². The van der Waals surface area contributed by atoms with E-state index in [1.54, 1.807) is 29.3 Å². The molecule has 2 aliphatic rings. The van der Waals surface area contributed by atoms with Gasteiger partial charge in [-0.1, -0.05) is 12.1 Å². The lowest BCUT2D eigenvalue weighted by atomic mass is 10.1. The zero-order valence-corrected chi connectivity index (χ0v) is 16.1. The highest BCUT2D eigenvalue weighted by atomic mass is 32.2. The first kappa shape index (κ1) is 16.8. The average molecular weight is 396 g/mol. The molecule has 0 saturated carbocycles. The number of carbonyl (C=O) groups is 2. The summed E-state index contributed by atoms with van der Waals surface area (Å²) in [7, 11) is 0. The Morgan fingerprint density at radius 3 is 3.00 bits per heavy atom. The van der Waals surface area contributed by atoms with Crippen LogP contribution in [0.25, 0.3) is 10.9 Å². The molecule has 5 nitrogen and oxygen atoms in total. The van der Waals surface area contributed by atoms with Crippen molar-refractivity contribution in [3.8, 4) is 0 Å². The number of thiophene rings is 1. The summed E-state index contributed by atoms with van der Waals surface area (Å²) in [6.07, 6.45) is 2.99. The van der Waals surface area contributed by atoms with Crippen LogP contribution in [-0.2, 0) is 14.5 Å². The number of aromatic nitrogens is 1. The quantitative estimate of drug-likeness (QED) is 0.732. The van der Waals surface area contributed by atoms with Crippen molar-refractivity contribution in [3.63, 3.8) is 0 Å². The van der Waals surface area contributed by atoms with E-state index in [0.717, 1.165) is 27.9 Å². The zero-order chi connectivity index (χ0) is 18.4. The first-order valence-corrected chi connectivity index (χ1v) is 10.7. The molecule has 2 aliphatic heterocycles. The number of nitrogens with zero attached hydrogens (tertiary/aromatic N) is 2. The van der Waals surface area contributed by atoms with Gasteiger partial charge < -0.3 is 10.2 Å². The van der Waals surface area contributed by atoms with Crippen LogP contribution in [0.3, 0.4) is 0 Å². The summed E-state index contributed by atoms with van der Waals surface area (Å²) in [5.74, 6) is 0.541. The summed E-state index contributed by atoms with van der Waals surface area (Å²) in [4.78, 5) is 32.7. The fourth-order valence-electron chi connectivity index (χ4n) is 4.01.